The van der Waals surface area contributed by atoms with Crippen LogP contribution in [-0.2, 0) is 4.74 Å². The average molecular weight is 256 g/mol. The zero-order valence-corrected chi connectivity index (χ0v) is 10.5. The van der Waals surface area contributed by atoms with E-state index in [1.807, 2.05) is 17.7 Å². The first-order chi connectivity index (χ1) is 8.55. The standard InChI is InChI=1S/C13H18F2N2O/c1-9-6-12(10-3-5-18-8-10)17(16-9)11-2-4-13(14,15)7-11/h6,10-11H,2-5,7-8H2,1H3. The minimum absolute atomic E-state index is 0.0167. The zero-order valence-electron chi connectivity index (χ0n) is 10.5. The second kappa shape index (κ2) is 4.30. The molecule has 1 saturated heterocycles. The molecule has 5 heteroatoms. The van der Waals surface area contributed by atoms with Gasteiger partial charge >= 0.3 is 0 Å². The lowest BCUT2D eigenvalue weighted by molar-refractivity contribution is 0.00503. The molecule has 1 aliphatic carbocycles. The van der Waals surface area contributed by atoms with E-state index in [-0.39, 0.29) is 18.9 Å². The molecule has 100 valence electrons. The minimum Gasteiger partial charge on any atom is -0.381 e. The van der Waals surface area contributed by atoms with Gasteiger partial charge in [-0.2, -0.15) is 5.10 Å². The molecular formula is C13H18F2N2O. The lowest BCUT2D eigenvalue weighted by Gasteiger charge is -2.17. The van der Waals surface area contributed by atoms with Crippen LogP contribution in [0.15, 0.2) is 6.07 Å². The van der Waals surface area contributed by atoms with Crippen LogP contribution in [-0.4, -0.2) is 28.9 Å². The highest BCUT2D eigenvalue weighted by atomic mass is 19.3. The van der Waals surface area contributed by atoms with E-state index in [1.54, 1.807) is 0 Å². The van der Waals surface area contributed by atoms with Gasteiger partial charge in [0.05, 0.1) is 18.3 Å². The number of rotatable bonds is 2. The molecule has 2 heterocycles. The zero-order chi connectivity index (χ0) is 12.8. The van der Waals surface area contributed by atoms with E-state index in [4.69, 9.17) is 4.74 Å². The fourth-order valence-corrected chi connectivity index (χ4v) is 3.04. The normalized spacial score (nSPS) is 31.1. The van der Waals surface area contributed by atoms with Gasteiger partial charge in [-0.1, -0.05) is 0 Å². The minimum atomic E-state index is -2.52. The quantitative estimate of drug-likeness (QED) is 0.813. The third kappa shape index (κ3) is 2.16. The summed E-state index contributed by atoms with van der Waals surface area (Å²) in [5.41, 5.74) is 1.99. The molecule has 2 unspecified atom stereocenters. The summed E-state index contributed by atoms with van der Waals surface area (Å²) in [6.07, 6.45) is 1.40. The summed E-state index contributed by atoms with van der Waals surface area (Å²) >= 11 is 0. The Hall–Kier alpha value is -0.970. The Morgan fingerprint density at radius 1 is 1.44 bits per heavy atom. The van der Waals surface area contributed by atoms with Crippen molar-refractivity contribution in [3.05, 3.63) is 17.5 Å². The molecule has 1 aromatic heterocycles. The van der Waals surface area contributed by atoms with Crippen molar-refractivity contribution in [3.8, 4) is 0 Å². The molecule has 3 rings (SSSR count). The SMILES string of the molecule is Cc1cc(C2CCOC2)n(C2CCC(F)(F)C2)n1. The van der Waals surface area contributed by atoms with Crippen LogP contribution in [0.3, 0.4) is 0 Å². The number of alkyl halides is 2. The van der Waals surface area contributed by atoms with Gasteiger partial charge in [-0.3, -0.25) is 4.68 Å². The molecule has 0 spiro atoms. The fraction of sp³-hybridized carbons (Fsp3) is 0.769. The van der Waals surface area contributed by atoms with Crippen molar-refractivity contribution < 1.29 is 13.5 Å². The maximum atomic E-state index is 13.3. The molecule has 3 nitrogen and oxygen atoms in total. The topological polar surface area (TPSA) is 27.1 Å². The van der Waals surface area contributed by atoms with Crippen molar-refractivity contribution in [3.63, 3.8) is 0 Å². The van der Waals surface area contributed by atoms with Gasteiger partial charge in [-0.25, -0.2) is 8.78 Å². The Morgan fingerprint density at radius 3 is 2.89 bits per heavy atom. The van der Waals surface area contributed by atoms with Crippen LogP contribution in [0.2, 0.25) is 0 Å². The predicted molar refractivity (Wildman–Crippen MR) is 63.0 cm³/mol. The van der Waals surface area contributed by atoms with Gasteiger partial charge in [0.2, 0.25) is 5.92 Å². The third-order valence-corrected chi connectivity index (χ3v) is 3.96. The monoisotopic (exact) mass is 256 g/mol. The molecule has 2 atom stereocenters. The van der Waals surface area contributed by atoms with Crippen molar-refractivity contribution >= 4 is 0 Å². The highest BCUT2D eigenvalue weighted by Gasteiger charge is 2.41. The number of aromatic nitrogens is 2. The van der Waals surface area contributed by atoms with Gasteiger partial charge in [0.15, 0.2) is 0 Å². The average Bonchev–Trinajstić information content (AvgIpc) is 2.96. The van der Waals surface area contributed by atoms with Crippen LogP contribution < -0.4 is 0 Å². The maximum Gasteiger partial charge on any atom is 0.250 e. The van der Waals surface area contributed by atoms with E-state index in [9.17, 15) is 8.78 Å². The van der Waals surface area contributed by atoms with Gasteiger partial charge in [0.25, 0.3) is 0 Å². The molecule has 1 saturated carbocycles. The Morgan fingerprint density at radius 2 is 2.28 bits per heavy atom. The summed E-state index contributed by atoms with van der Waals surface area (Å²) < 4.78 is 33.9. The van der Waals surface area contributed by atoms with Crippen molar-refractivity contribution in [1.82, 2.24) is 9.78 Å². The lowest BCUT2D eigenvalue weighted by atomic mass is 10.0. The second-order valence-electron chi connectivity index (χ2n) is 5.47. The number of halogens is 2. The van der Waals surface area contributed by atoms with Gasteiger partial charge in [-0.15, -0.1) is 0 Å². The van der Waals surface area contributed by atoms with E-state index in [1.165, 1.54) is 0 Å². The molecule has 0 N–H and O–H groups in total. The third-order valence-electron chi connectivity index (χ3n) is 3.96. The van der Waals surface area contributed by atoms with Gasteiger partial charge in [-0.05, 0) is 25.8 Å². The Labute approximate surface area is 105 Å². The van der Waals surface area contributed by atoms with Gasteiger partial charge < -0.3 is 4.74 Å². The molecule has 0 bridgehead atoms. The molecule has 2 fully saturated rings. The molecule has 0 radical (unpaired) electrons. The van der Waals surface area contributed by atoms with Crippen LogP contribution in [0.1, 0.15) is 49.0 Å². The number of aryl methyl sites for hydroxylation is 1. The first kappa shape index (κ1) is 12.1. The second-order valence-corrected chi connectivity index (χ2v) is 5.47. The Kier molecular flexibility index (Phi) is 2.88. The smallest absolute Gasteiger partial charge is 0.250 e. The van der Waals surface area contributed by atoms with E-state index < -0.39 is 5.92 Å². The van der Waals surface area contributed by atoms with E-state index in [0.717, 1.165) is 24.4 Å². The predicted octanol–water partition coefficient (Wildman–Crippen LogP) is 3.06. The number of hydrogen-bond donors (Lipinski definition) is 0. The summed E-state index contributed by atoms with van der Waals surface area (Å²) in [6.45, 7) is 3.37. The van der Waals surface area contributed by atoms with Gasteiger partial charge in [0, 0.05) is 31.1 Å². The molecule has 1 aromatic rings. The molecule has 2 aliphatic rings. The van der Waals surface area contributed by atoms with Crippen LogP contribution in [0.4, 0.5) is 8.78 Å². The number of ether oxygens (including phenoxy) is 1. The van der Waals surface area contributed by atoms with Crippen LogP contribution in [0.25, 0.3) is 0 Å². The Balaban J connectivity index is 1.87. The number of hydrogen-bond acceptors (Lipinski definition) is 2. The molecular weight excluding hydrogens is 238 g/mol. The molecule has 18 heavy (non-hydrogen) atoms. The fourth-order valence-electron chi connectivity index (χ4n) is 3.04. The van der Waals surface area contributed by atoms with E-state index >= 15 is 0 Å². The number of nitrogens with zero attached hydrogens (tertiary/aromatic N) is 2. The van der Waals surface area contributed by atoms with Crippen LogP contribution in [0, 0.1) is 6.92 Å². The molecule has 0 aromatic carbocycles. The van der Waals surface area contributed by atoms with Crippen molar-refractivity contribution in [2.45, 2.75) is 50.5 Å². The highest BCUT2D eigenvalue weighted by Crippen LogP contribution is 2.42. The van der Waals surface area contributed by atoms with Crippen LogP contribution >= 0.6 is 0 Å². The lowest BCUT2D eigenvalue weighted by Crippen LogP contribution is -2.16. The first-order valence-electron chi connectivity index (χ1n) is 6.57. The summed E-state index contributed by atoms with van der Waals surface area (Å²) in [4.78, 5) is 0. The summed E-state index contributed by atoms with van der Waals surface area (Å²) in [6, 6.07) is 1.87. The van der Waals surface area contributed by atoms with Gasteiger partial charge in [0.1, 0.15) is 0 Å². The van der Waals surface area contributed by atoms with Crippen molar-refractivity contribution in [2.75, 3.05) is 13.2 Å². The van der Waals surface area contributed by atoms with Crippen molar-refractivity contribution in [1.29, 1.82) is 0 Å². The van der Waals surface area contributed by atoms with E-state index in [2.05, 4.69) is 5.10 Å². The maximum absolute atomic E-state index is 13.3. The molecule has 1 aliphatic heterocycles. The molecule has 0 amide bonds. The largest absolute Gasteiger partial charge is 0.381 e. The Bertz CT molecular complexity index is 438. The van der Waals surface area contributed by atoms with Crippen molar-refractivity contribution in [2.24, 2.45) is 0 Å². The highest BCUT2D eigenvalue weighted by molar-refractivity contribution is 5.16. The first-order valence-corrected chi connectivity index (χ1v) is 6.57. The summed E-state index contributed by atoms with van der Waals surface area (Å²) in [7, 11) is 0. The summed E-state index contributed by atoms with van der Waals surface area (Å²) in [5.74, 6) is -2.20. The summed E-state index contributed by atoms with van der Waals surface area (Å²) in [5, 5.41) is 4.43. The van der Waals surface area contributed by atoms with E-state index in [0.29, 0.717) is 18.9 Å². The van der Waals surface area contributed by atoms with Crippen LogP contribution in [0.5, 0.6) is 0 Å².